The molecule has 116 valence electrons. The summed E-state index contributed by atoms with van der Waals surface area (Å²) in [6.45, 7) is 8.62. The van der Waals surface area contributed by atoms with Crippen molar-refractivity contribution in [3.63, 3.8) is 0 Å². The fraction of sp³-hybridized carbons (Fsp3) is 0.733. The van der Waals surface area contributed by atoms with Crippen LogP contribution in [0.5, 0.6) is 0 Å². The summed E-state index contributed by atoms with van der Waals surface area (Å²) in [5, 5.41) is 0. The lowest BCUT2D eigenvalue weighted by molar-refractivity contribution is 0.138. The summed E-state index contributed by atoms with van der Waals surface area (Å²) in [5.74, 6) is 2.65. The highest BCUT2D eigenvalue weighted by Crippen LogP contribution is 2.34. The highest BCUT2D eigenvalue weighted by atomic mass is 32.2. The number of fused-ring (bicyclic) bond motifs is 3. The van der Waals surface area contributed by atoms with Crippen LogP contribution in [0.15, 0.2) is 4.90 Å². The SMILES string of the molecule is CCc1nc(C(C)C)nc2c1S(=O)CC1COCCCN21. The van der Waals surface area contributed by atoms with Crippen LogP contribution in [0, 0.1) is 0 Å². The van der Waals surface area contributed by atoms with Crippen molar-refractivity contribution in [1.29, 1.82) is 0 Å². The second-order valence-electron chi connectivity index (χ2n) is 5.98. The van der Waals surface area contributed by atoms with Crippen molar-refractivity contribution in [2.24, 2.45) is 0 Å². The highest BCUT2D eigenvalue weighted by Gasteiger charge is 2.35. The molecule has 1 aromatic rings. The lowest BCUT2D eigenvalue weighted by Gasteiger charge is -2.36. The molecule has 2 atom stereocenters. The minimum atomic E-state index is -1.02. The van der Waals surface area contributed by atoms with Crippen LogP contribution in [-0.4, -0.2) is 45.7 Å². The highest BCUT2D eigenvalue weighted by molar-refractivity contribution is 7.85. The van der Waals surface area contributed by atoms with E-state index in [2.05, 4.69) is 30.7 Å². The first-order chi connectivity index (χ1) is 10.1. The summed E-state index contributed by atoms with van der Waals surface area (Å²) in [4.78, 5) is 12.6. The summed E-state index contributed by atoms with van der Waals surface area (Å²) < 4.78 is 18.3. The number of hydrogen-bond donors (Lipinski definition) is 0. The molecule has 3 heterocycles. The van der Waals surface area contributed by atoms with Gasteiger partial charge in [-0.1, -0.05) is 20.8 Å². The molecule has 2 aliphatic heterocycles. The average Bonchev–Trinajstić information content (AvgIpc) is 2.71. The first kappa shape index (κ1) is 14.9. The maximum atomic E-state index is 12.7. The smallest absolute Gasteiger partial charge is 0.149 e. The van der Waals surface area contributed by atoms with Gasteiger partial charge in [-0.15, -0.1) is 0 Å². The Balaban J connectivity index is 2.14. The predicted octanol–water partition coefficient (Wildman–Crippen LogP) is 1.88. The number of ether oxygens (including phenoxy) is 1. The van der Waals surface area contributed by atoms with Gasteiger partial charge in [-0.3, -0.25) is 4.21 Å². The van der Waals surface area contributed by atoms with E-state index < -0.39 is 10.8 Å². The molecule has 21 heavy (non-hydrogen) atoms. The molecule has 1 aromatic heterocycles. The topological polar surface area (TPSA) is 55.3 Å². The lowest BCUT2D eigenvalue weighted by atomic mass is 10.2. The minimum absolute atomic E-state index is 0.181. The maximum Gasteiger partial charge on any atom is 0.149 e. The third kappa shape index (κ3) is 2.71. The first-order valence-electron chi connectivity index (χ1n) is 7.75. The fourth-order valence-corrected chi connectivity index (χ4v) is 4.54. The van der Waals surface area contributed by atoms with Gasteiger partial charge in [0.1, 0.15) is 16.5 Å². The third-order valence-corrected chi connectivity index (χ3v) is 5.63. The van der Waals surface area contributed by atoms with E-state index in [0.29, 0.717) is 12.4 Å². The van der Waals surface area contributed by atoms with Gasteiger partial charge in [-0.05, 0) is 12.8 Å². The second kappa shape index (κ2) is 6.01. The zero-order valence-electron chi connectivity index (χ0n) is 13.0. The van der Waals surface area contributed by atoms with E-state index in [1.54, 1.807) is 0 Å². The van der Waals surface area contributed by atoms with E-state index in [1.807, 2.05) is 0 Å². The number of aromatic nitrogens is 2. The monoisotopic (exact) mass is 309 g/mol. The van der Waals surface area contributed by atoms with Crippen molar-refractivity contribution in [1.82, 2.24) is 9.97 Å². The van der Waals surface area contributed by atoms with E-state index in [0.717, 1.165) is 48.2 Å². The number of aryl methyl sites for hydroxylation is 1. The Kier molecular flexibility index (Phi) is 4.26. The molecule has 0 aliphatic carbocycles. The summed E-state index contributed by atoms with van der Waals surface area (Å²) in [6, 6.07) is 0.181. The Labute approximate surface area is 128 Å². The summed E-state index contributed by atoms with van der Waals surface area (Å²) in [6.07, 6.45) is 1.79. The number of nitrogens with zero attached hydrogens (tertiary/aromatic N) is 3. The standard InChI is InChI=1S/C15H23N3O2S/c1-4-12-13-15(17-14(16-12)10(2)3)18-6-5-7-20-8-11(18)9-21(13)19/h10-11H,4-9H2,1-3H3. The van der Waals surface area contributed by atoms with E-state index in [-0.39, 0.29) is 12.0 Å². The summed E-state index contributed by atoms with van der Waals surface area (Å²) in [5.41, 5.74) is 0.950. The Morgan fingerprint density at radius 1 is 1.43 bits per heavy atom. The van der Waals surface area contributed by atoms with Crippen LogP contribution < -0.4 is 4.90 Å². The molecule has 1 saturated heterocycles. The van der Waals surface area contributed by atoms with Crippen molar-refractivity contribution < 1.29 is 8.95 Å². The van der Waals surface area contributed by atoms with Crippen molar-refractivity contribution in [2.75, 3.05) is 30.4 Å². The van der Waals surface area contributed by atoms with Crippen LogP contribution in [-0.2, 0) is 22.0 Å². The second-order valence-corrected chi connectivity index (χ2v) is 7.41. The number of anilines is 1. The molecule has 0 saturated carbocycles. The molecule has 6 heteroatoms. The molecule has 0 radical (unpaired) electrons. The van der Waals surface area contributed by atoms with Crippen molar-refractivity contribution in [3.8, 4) is 0 Å². The molecular formula is C15H23N3O2S. The first-order valence-corrected chi connectivity index (χ1v) is 9.07. The van der Waals surface area contributed by atoms with Gasteiger partial charge in [-0.25, -0.2) is 9.97 Å². The molecule has 2 unspecified atom stereocenters. The van der Waals surface area contributed by atoms with Gasteiger partial charge < -0.3 is 9.64 Å². The van der Waals surface area contributed by atoms with E-state index in [1.165, 1.54) is 0 Å². The van der Waals surface area contributed by atoms with E-state index >= 15 is 0 Å². The van der Waals surface area contributed by atoms with Crippen LogP contribution in [0.1, 0.15) is 44.6 Å². The van der Waals surface area contributed by atoms with E-state index in [9.17, 15) is 4.21 Å². The maximum absolute atomic E-state index is 12.7. The molecule has 0 aromatic carbocycles. The van der Waals surface area contributed by atoms with Crippen LogP contribution in [0.25, 0.3) is 0 Å². The molecule has 1 fully saturated rings. The van der Waals surface area contributed by atoms with Crippen molar-refractivity contribution in [3.05, 3.63) is 11.5 Å². The molecular weight excluding hydrogens is 286 g/mol. The quantitative estimate of drug-likeness (QED) is 0.835. The number of rotatable bonds is 2. The third-order valence-electron chi connectivity index (χ3n) is 4.07. The van der Waals surface area contributed by atoms with Gasteiger partial charge >= 0.3 is 0 Å². The Hall–Kier alpha value is -1.01. The summed E-state index contributed by atoms with van der Waals surface area (Å²) >= 11 is 0. The van der Waals surface area contributed by atoms with Crippen molar-refractivity contribution >= 4 is 16.6 Å². The van der Waals surface area contributed by atoms with Crippen LogP contribution in [0.3, 0.4) is 0 Å². The molecule has 3 rings (SSSR count). The Morgan fingerprint density at radius 2 is 2.24 bits per heavy atom. The number of hydrogen-bond acceptors (Lipinski definition) is 5. The molecule has 5 nitrogen and oxygen atoms in total. The van der Waals surface area contributed by atoms with Crippen LogP contribution in [0.2, 0.25) is 0 Å². The van der Waals surface area contributed by atoms with Gasteiger partial charge in [0, 0.05) is 19.1 Å². The van der Waals surface area contributed by atoms with E-state index in [4.69, 9.17) is 9.72 Å². The average molecular weight is 309 g/mol. The predicted molar refractivity (Wildman–Crippen MR) is 83.3 cm³/mol. The fourth-order valence-electron chi connectivity index (χ4n) is 2.93. The summed E-state index contributed by atoms with van der Waals surface area (Å²) in [7, 11) is -1.02. The van der Waals surface area contributed by atoms with Crippen molar-refractivity contribution in [2.45, 2.75) is 50.5 Å². The zero-order valence-corrected chi connectivity index (χ0v) is 13.8. The minimum Gasteiger partial charge on any atom is -0.379 e. The molecule has 2 aliphatic rings. The van der Waals surface area contributed by atoms with Crippen LogP contribution >= 0.6 is 0 Å². The molecule has 0 spiro atoms. The lowest BCUT2D eigenvalue weighted by Crippen LogP contribution is -2.46. The molecule has 0 bridgehead atoms. The van der Waals surface area contributed by atoms with Gasteiger partial charge in [0.25, 0.3) is 0 Å². The van der Waals surface area contributed by atoms with Gasteiger partial charge in [0.05, 0.1) is 34.9 Å². The Bertz CT molecular complexity index is 562. The Morgan fingerprint density at radius 3 is 2.95 bits per heavy atom. The normalized spacial score (nSPS) is 25.4. The zero-order chi connectivity index (χ0) is 15.0. The molecule has 0 amide bonds. The van der Waals surface area contributed by atoms with Gasteiger partial charge in [0.2, 0.25) is 0 Å². The molecule has 0 N–H and O–H groups in total. The van der Waals surface area contributed by atoms with Gasteiger partial charge in [0.15, 0.2) is 0 Å². The van der Waals surface area contributed by atoms with Crippen LogP contribution in [0.4, 0.5) is 5.82 Å². The van der Waals surface area contributed by atoms with Gasteiger partial charge in [-0.2, -0.15) is 0 Å². The largest absolute Gasteiger partial charge is 0.379 e.